The van der Waals surface area contributed by atoms with Crippen molar-refractivity contribution >= 4 is 22.5 Å². The first-order chi connectivity index (χ1) is 9.13. The number of hydrogen-bond acceptors (Lipinski definition) is 4. The second-order valence-electron chi connectivity index (χ2n) is 5.08. The average molecular weight is 278 g/mol. The van der Waals surface area contributed by atoms with Gasteiger partial charge in [0.2, 0.25) is 0 Å². The van der Waals surface area contributed by atoms with E-state index in [2.05, 4.69) is 20.9 Å². The summed E-state index contributed by atoms with van der Waals surface area (Å²) in [7, 11) is 0. The van der Waals surface area contributed by atoms with Gasteiger partial charge in [-0.3, -0.25) is 4.90 Å². The first kappa shape index (κ1) is 12.8. The Morgan fingerprint density at radius 3 is 3.11 bits per heavy atom. The predicted octanol–water partition coefficient (Wildman–Crippen LogP) is 2.16. The van der Waals surface area contributed by atoms with Gasteiger partial charge in [-0.25, -0.2) is 9.97 Å². The molecule has 1 aliphatic heterocycles. The highest BCUT2D eigenvalue weighted by Crippen LogP contribution is 2.23. The van der Waals surface area contributed by atoms with Crippen LogP contribution in [-0.2, 0) is 6.54 Å². The third-order valence-electron chi connectivity index (χ3n) is 3.63. The van der Waals surface area contributed by atoms with Gasteiger partial charge >= 0.3 is 0 Å². The van der Waals surface area contributed by atoms with Crippen molar-refractivity contribution in [3.8, 4) is 0 Å². The Bertz CT molecular complexity index is 617. The number of hydrogen-bond donors (Lipinski definition) is 1. The molecule has 1 saturated heterocycles. The molecule has 1 N–H and O–H groups in total. The van der Waals surface area contributed by atoms with E-state index in [4.69, 9.17) is 11.6 Å². The van der Waals surface area contributed by atoms with Crippen molar-refractivity contribution in [3.63, 3.8) is 0 Å². The van der Waals surface area contributed by atoms with Crippen LogP contribution in [0.4, 0.5) is 0 Å². The Kier molecular flexibility index (Phi) is 3.39. The van der Waals surface area contributed by atoms with Crippen LogP contribution in [-0.4, -0.2) is 39.2 Å². The summed E-state index contributed by atoms with van der Waals surface area (Å²) in [6, 6.07) is 4.05. The molecule has 3 heterocycles. The largest absolute Gasteiger partial charge is 0.392 e. The summed E-state index contributed by atoms with van der Waals surface area (Å²) in [5.41, 5.74) is 2.92. The molecule has 3 rings (SSSR count). The Labute approximate surface area is 117 Å². The van der Waals surface area contributed by atoms with Crippen LogP contribution in [0.25, 0.3) is 10.9 Å². The van der Waals surface area contributed by atoms with E-state index >= 15 is 0 Å². The number of aromatic nitrogens is 2. The van der Waals surface area contributed by atoms with Crippen molar-refractivity contribution in [1.82, 2.24) is 14.9 Å². The number of halogens is 1. The summed E-state index contributed by atoms with van der Waals surface area (Å²) < 4.78 is 0. The molecule has 100 valence electrons. The van der Waals surface area contributed by atoms with E-state index in [-0.39, 0.29) is 6.10 Å². The van der Waals surface area contributed by atoms with Crippen molar-refractivity contribution in [2.45, 2.75) is 26.0 Å². The lowest BCUT2D eigenvalue weighted by molar-refractivity contribution is 0.174. The van der Waals surface area contributed by atoms with Gasteiger partial charge in [0.25, 0.3) is 0 Å². The van der Waals surface area contributed by atoms with Gasteiger partial charge < -0.3 is 5.11 Å². The Balaban J connectivity index is 1.93. The highest BCUT2D eigenvalue weighted by molar-refractivity contribution is 6.33. The van der Waals surface area contributed by atoms with Crippen LogP contribution in [0.5, 0.6) is 0 Å². The molecule has 1 fully saturated rings. The lowest BCUT2D eigenvalue weighted by atomic mass is 10.1. The standard InChI is InChI=1S/C14H16ClN3O/c1-9-11(7-18-5-3-12(19)8-18)6-10-2-4-16-14(15)13(10)17-9/h2,4,6,12,19H,3,5,7-8H2,1H3/t12-/m1/s1. The molecule has 5 heteroatoms. The topological polar surface area (TPSA) is 49.2 Å². The fourth-order valence-electron chi connectivity index (χ4n) is 2.56. The fourth-order valence-corrected chi connectivity index (χ4v) is 2.77. The van der Waals surface area contributed by atoms with Gasteiger partial charge in [-0.1, -0.05) is 11.6 Å². The molecule has 0 saturated carbocycles. The molecule has 0 radical (unpaired) electrons. The summed E-state index contributed by atoms with van der Waals surface area (Å²) in [4.78, 5) is 10.9. The quantitative estimate of drug-likeness (QED) is 0.855. The number of β-amino-alcohol motifs (C(OH)–C–C–N with tert-alkyl or cyclic N) is 1. The molecule has 0 aliphatic carbocycles. The van der Waals surface area contributed by atoms with Crippen molar-refractivity contribution in [1.29, 1.82) is 0 Å². The normalized spacial score (nSPS) is 20.3. The molecule has 4 nitrogen and oxygen atoms in total. The maximum atomic E-state index is 9.57. The van der Waals surface area contributed by atoms with E-state index in [1.807, 2.05) is 13.0 Å². The average Bonchev–Trinajstić information content (AvgIpc) is 2.77. The summed E-state index contributed by atoms with van der Waals surface area (Å²) in [5.74, 6) is 0. The lowest BCUT2D eigenvalue weighted by Crippen LogP contribution is -2.22. The second kappa shape index (κ2) is 5.04. The Morgan fingerprint density at radius 1 is 1.53 bits per heavy atom. The first-order valence-electron chi connectivity index (χ1n) is 6.44. The minimum absolute atomic E-state index is 0.188. The Hall–Kier alpha value is -1.23. The van der Waals surface area contributed by atoms with Gasteiger partial charge in [0.05, 0.1) is 6.10 Å². The third-order valence-corrected chi connectivity index (χ3v) is 3.90. The van der Waals surface area contributed by atoms with E-state index in [0.717, 1.165) is 42.7 Å². The van der Waals surface area contributed by atoms with Crippen LogP contribution < -0.4 is 0 Å². The van der Waals surface area contributed by atoms with E-state index in [9.17, 15) is 5.11 Å². The van der Waals surface area contributed by atoms with Crippen LogP contribution >= 0.6 is 11.6 Å². The smallest absolute Gasteiger partial charge is 0.155 e. The van der Waals surface area contributed by atoms with E-state index in [1.54, 1.807) is 6.20 Å². The number of aliphatic hydroxyl groups excluding tert-OH is 1. The van der Waals surface area contributed by atoms with Crippen molar-refractivity contribution < 1.29 is 5.11 Å². The van der Waals surface area contributed by atoms with Crippen LogP contribution in [0.15, 0.2) is 18.3 Å². The molecule has 0 spiro atoms. The maximum absolute atomic E-state index is 9.57. The minimum atomic E-state index is -0.188. The number of aryl methyl sites for hydroxylation is 1. The summed E-state index contributed by atoms with van der Waals surface area (Å²) in [5, 5.41) is 11.0. The zero-order chi connectivity index (χ0) is 13.4. The van der Waals surface area contributed by atoms with Crippen molar-refractivity contribution in [2.24, 2.45) is 0 Å². The molecule has 0 unspecified atom stereocenters. The lowest BCUT2D eigenvalue weighted by Gasteiger charge is -2.16. The molecule has 19 heavy (non-hydrogen) atoms. The number of fused-ring (bicyclic) bond motifs is 1. The molecule has 1 aliphatic rings. The number of aliphatic hydroxyl groups is 1. The molecule has 0 bridgehead atoms. The molecular formula is C14H16ClN3O. The number of likely N-dealkylation sites (tertiary alicyclic amines) is 1. The highest BCUT2D eigenvalue weighted by atomic mass is 35.5. The van der Waals surface area contributed by atoms with Gasteiger partial charge in [-0.2, -0.15) is 0 Å². The van der Waals surface area contributed by atoms with Crippen molar-refractivity contribution in [3.05, 3.63) is 34.7 Å². The van der Waals surface area contributed by atoms with Crippen LogP contribution in [0.2, 0.25) is 5.15 Å². The monoisotopic (exact) mass is 277 g/mol. The van der Waals surface area contributed by atoms with Gasteiger partial charge in [0, 0.05) is 36.9 Å². The molecule has 2 aromatic heterocycles. The molecule has 2 aromatic rings. The number of rotatable bonds is 2. The maximum Gasteiger partial charge on any atom is 0.155 e. The first-order valence-corrected chi connectivity index (χ1v) is 6.82. The predicted molar refractivity (Wildman–Crippen MR) is 75.2 cm³/mol. The van der Waals surface area contributed by atoms with Crippen LogP contribution in [0, 0.1) is 6.92 Å². The molecule has 1 atom stereocenters. The third kappa shape index (κ3) is 2.56. The van der Waals surface area contributed by atoms with Gasteiger partial charge in [-0.15, -0.1) is 0 Å². The summed E-state index contributed by atoms with van der Waals surface area (Å²) >= 11 is 6.05. The van der Waals surface area contributed by atoms with Crippen molar-refractivity contribution in [2.75, 3.05) is 13.1 Å². The van der Waals surface area contributed by atoms with Gasteiger partial charge in [-0.05, 0) is 31.0 Å². The zero-order valence-electron chi connectivity index (χ0n) is 10.8. The highest BCUT2D eigenvalue weighted by Gasteiger charge is 2.21. The van der Waals surface area contributed by atoms with E-state index < -0.39 is 0 Å². The van der Waals surface area contributed by atoms with Crippen LogP contribution in [0.3, 0.4) is 0 Å². The van der Waals surface area contributed by atoms with Gasteiger partial charge in [0.1, 0.15) is 5.52 Å². The zero-order valence-corrected chi connectivity index (χ0v) is 11.6. The van der Waals surface area contributed by atoms with E-state index in [0.29, 0.717) is 5.15 Å². The van der Waals surface area contributed by atoms with Gasteiger partial charge in [0.15, 0.2) is 5.15 Å². The second-order valence-corrected chi connectivity index (χ2v) is 5.44. The SMILES string of the molecule is Cc1nc2c(Cl)nccc2cc1CN1CC[C@@H](O)C1. The number of nitrogens with zero attached hydrogens (tertiary/aromatic N) is 3. The minimum Gasteiger partial charge on any atom is -0.392 e. The number of pyridine rings is 2. The van der Waals surface area contributed by atoms with Crippen LogP contribution in [0.1, 0.15) is 17.7 Å². The molecule has 0 aromatic carbocycles. The molecular weight excluding hydrogens is 262 g/mol. The fraction of sp³-hybridized carbons (Fsp3) is 0.429. The summed E-state index contributed by atoms with van der Waals surface area (Å²) in [6.45, 7) is 4.50. The Morgan fingerprint density at radius 2 is 2.37 bits per heavy atom. The summed E-state index contributed by atoms with van der Waals surface area (Å²) in [6.07, 6.45) is 2.37. The van der Waals surface area contributed by atoms with E-state index in [1.165, 1.54) is 5.56 Å². The molecule has 0 amide bonds.